The van der Waals surface area contributed by atoms with Crippen LogP contribution in [0.2, 0.25) is 0 Å². The van der Waals surface area contributed by atoms with Crippen molar-refractivity contribution in [1.82, 2.24) is 10.6 Å². The number of hydrogen-bond acceptors (Lipinski definition) is 4. The number of thioether (sulfide) groups is 1. The van der Waals surface area contributed by atoms with Gasteiger partial charge in [0.25, 0.3) is 0 Å². The summed E-state index contributed by atoms with van der Waals surface area (Å²) in [5, 5.41) is 6.95. The summed E-state index contributed by atoms with van der Waals surface area (Å²) in [5.41, 5.74) is 2.37. The maximum atomic E-state index is 6.10. The Balaban J connectivity index is 1.63. The second-order valence-corrected chi connectivity index (χ2v) is 9.19. The van der Waals surface area contributed by atoms with Gasteiger partial charge in [0.05, 0.1) is 13.2 Å². The van der Waals surface area contributed by atoms with Crippen molar-refractivity contribution < 1.29 is 9.47 Å². The molecule has 1 aromatic rings. The number of benzene rings is 1. The Morgan fingerprint density at radius 2 is 2.07 bits per heavy atom. The summed E-state index contributed by atoms with van der Waals surface area (Å²) in [4.78, 5) is 4.84. The van der Waals surface area contributed by atoms with E-state index in [2.05, 4.69) is 48.9 Å². The van der Waals surface area contributed by atoms with Crippen LogP contribution in [-0.4, -0.2) is 49.9 Å². The third-order valence-corrected chi connectivity index (χ3v) is 6.98. The molecule has 1 aromatic carbocycles. The predicted molar refractivity (Wildman–Crippen MR) is 119 cm³/mol. The lowest BCUT2D eigenvalue weighted by Gasteiger charge is -2.36. The molecule has 0 amide bonds. The maximum Gasteiger partial charge on any atom is 0.191 e. The lowest BCUT2D eigenvalue weighted by molar-refractivity contribution is 0.0783. The Kier molecular flexibility index (Phi) is 7.91. The summed E-state index contributed by atoms with van der Waals surface area (Å²) in [6.07, 6.45) is 6.97. The zero-order valence-corrected chi connectivity index (χ0v) is 18.4. The Morgan fingerprint density at radius 3 is 2.75 bits per heavy atom. The van der Waals surface area contributed by atoms with E-state index in [0.29, 0.717) is 6.54 Å². The molecule has 1 saturated carbocycles. The van der Waals surface area contributed by atoms with Crippen molar-refractivity contribution >= 4 is 17.7 Å². The molecule has 0 unspecified atom stereocenters. The number of ether oxygens (including phenoxy) is 2. The average Bonchev–Trinajstić information content (AvgIpc) is 3.54. The molecule has 1 heterocycles. The van der Waals surface area contributed by atoms with Crippen LogP contribution >= 0.6 is 11.8 Å². The Hall–Kier alpha value is -1.40. The number of nitrogens with one attached hydrogen (secondary N) is 2. The highest BCUT2D eigenvalue weighted by molar-refractivity contribution is 8.00. The van der Waals surface area contributed by atoms with Crippen molar-refractivity contribution in [2.24, 2.45) is 10.9 Å². The molecule has 0 spiro atoms. The third-order valence-electron chi connectivity index (χ3n) is 5.56. The van der Waals surface area contributed by atoms with Gasteiger partial charge in [0.2, 0.25) is 0 Å². The quantitative estimate of drug-likeness (QED) is 0.484. The van der Waals surface area contributed by atoms with Crippen molar-refractivity contribution in [1.29, 1.82) is 0 Å². The van der Waals surface area contributed by atoms with E-state index in [1.54, 1.807) is 0 Å². The van der Waals surface area contributed by atoms with Gasteiger partial charge in [-0.1, -0.05) is 12.1 Å². The number of rotatable bonds is 9. The van der Waals surface area contributed by atoms with Crippen LogP contribution in [0.4, 0.5) is 0 Å². The summed E-state index contributed by atoms with van der Waals surface area (Å²) in [6.45, 7) is 9.11. The first-order chi connectivity index (χ1) is 13.6. The number of hydrogen-bond donors (Lipinski definition) is 2. The van der Waals surface area contributed by atoms with Crippen LogP contribution in [0.25, 0.3) is 0 Å². The fourth-order valence-corrected chi connectivity index (χ4v) is 4.16. The van der Waals surface area contributed by atoms with Crippen LogP contribution < -0.4 is 15.4 Å². The normalized spacial score (nSPS) is 19.3. The van der Waals surface area contributed by atoms with E-state index in [4.69, 9.17) is 14.5 Å². The van der Waals surface area contributed by atoms with Crippen LogP contribution in [0, 0.1) is 12.8 Å². The van der Waals surface area contributed by atoms with Gasteiger partial charge in [-0.25, -0.2) is 4.99 Å². The number of aryl methyl sites for hydroxylation is 1. The smallest absolute Gasteiger partial charge is 0.191 e. The van der Waals surface area contributed by atoms with Gasteiger partial charge in [0.15, 0.2) is 5.96 Å². The third kappa shape index (κ3) is 6.31. The molecule has 2 fully saturated rings. The molecule has 0 aromatic heterocycles. The summed E-state index contributed by atoms with van der Waals surface area (Å²) in [6, 6.07) is 6.42. The molecule has 0 bridgehead atoms. The van der Waals surface area contributed by atoms with E-state index in [1.165, 1.54) is 18.4 Å². The number of aliphatic imine (C=N–C) groups is 1. The molecular weight excluding hydrogens is 370 g/mol. The summed E-state index contributed by atoms with van der Waals surface area (Å²) < 4.78 is 11.9. The molecule has 1 aliphatic heterocycles. The van der Waals surface area contributed by atoms with Crippen molar-refractivity contribution in [3.63, 3.8) is 0 Å². The highest BCUT2D eigenvalue weighted by Crippen LogP contribution is 2.33. The van der Waals surface area contributed by atoms with Gasteiger partial charge in [-0.3, -0.25) is 0 Å². The lowest BCUT2D eigenvalue weighted by atomic mass is 9.99. The first kappa shape index (κ1) is 21.3. The lowest BCUT2D eigenvalue weighted by Crippen LogP contribution is -2.47. The van der Waals surface area contributed by atoms with Crippen molar-refractivity contribution in [2.45, 2.75) is 50.8 Å². The van der Waals surface area contributed by atoms with Crippen molar-refractivity contribution in [3.8, 4) is 5.75 Å². The van der Waals surface area contributed by atoms with E-state index in [0.717, 1.165) is 68.9 Å². The molecule has 5 nitrogen and oxygen atoms in total. The fourth-order valence-electron chi connectivity index (χ4n) is 3.37. The van der Waals surface area contributed by atoms with Gasteiger partial charge in [-0.15, -0.1) is 0 Å². The summed E-state index contributed by atoms with van der Waals surface area (Å²) in [5.74, 6) is 2.60. The molecule has 2 aliphatic rings. The zero-order valence-electron chi connectivity index (χ0n) is 17.6. The van der Waals surface area contributed by atoms with E-state index in [-0.39, 0.29) is 4.75 Å². The van der Waals surface area contributed by atoms with Gasteiger partial charge in [0.1, 0.15) is 5.75 Å². The van der Waals surface area contributed by atoms with Crippen LogP contribution in [0.15, 0.2) is 23.2 Å². The molecule has 2 N–H and O–H groups in total. The Bertz CT molecular complexity index is 655. The molecular formula is C22H35N3O2S. The molecule has 28 heavy (non-hydrogen) atoms. The van der Waals surface area contributed by atoms with Gasteiger partial charge < -0.3 is 20.1 Å². The first-order valence-electron chi connectivity index (χ1n) is 10.5. The van der Waals surface area contributed by atoms with Gasteiger partial charge in [-0.05, 0) is 63.3 Å². The standard InChI is InChI=1S/C22H35N3O2S/c1-4-23-21(25-16-22(28-3)9-11-26-12-10-22)24-14-19-8-5-17(2)13-20(19)27-15-18-6-7-18/h5,8,13,18H,4,6-7,9-12,14-16H2,1-3H3,(H2,23,24,25). The number of nitrogens with zero attached hydrogens (tertiary/aromatic N) is 1. The highest BCUT2D eigenvalue weighted by Gasteiger charge is 2.31. The molecule has 0 atom stereocenters. The highest BCUT2D eigenvalue weighted by atomic mass is 32.2. The monoisotopic (exact) mass is 405 g/mol. The second kappa shape index (κ2) is 10.4. The first-order valence-corrected chi connectivity index (χ1v) is 11.7. The van der Waals surface area contributed by atoms with Crippen LogP contribution in [0.3, 0.4) is 0 Å². The van der Waals surface area contributed by atoms with E-state index >= 15 is 0 Å². The molecule has 0 radical (unpaired) electrons. The Morgan fingerprint density at radius 1 is 1.29 bits per heavy atom. The van der Waals surface area contributed by atoms with Crippen molar-refractivity contribution in [2.75, 3.05) is 39.2 Å². The maximum absolute atomic E-state index is 6.10. The van der Waals surface area contributed by atoms with Crippen LogP contribution in [0.1, 0.15) is 43.7 Å². The minimum Gasteiger partial charge on any atom is -0.493 e. The summed E-state index contributed by atoms with van der Waals surface area (Å²) >= 11 is 1.94. The van der Waals surface area contributed by atoms with Gasteiger partial charge in [-0.2, -0.15) is 11.8 Å². The largest absolute Gasteiger partial charge is 0.493 e. The number of guanidine groups is 1. The zero-order chi connectivity index (χ0) is 19.8. The molecule has 6 heteroatoms. The molecule has 1 aliphatic carbocycles. The minimum absolute atomic E-state index is 0.233. The van der Waals surface area contributed by atoms with Crippen LogP contribution in [-0.2, 0) is 11.3 Å². The van der Waals surface area contributed by atoms with Gasteiger partial charge in [0, 0.05) is 36.6 Å². The minimum atomic E-state index is 0.233. The predicted octanol–water partition coefficient (Wildman–Crippen LogP) is 3.75. The molecule has 1 saturated heterocycles. The Labute approximate surface area is 174 Å². The molecule has 3 rings (SSSR count). The van der Waals surface area contributed by atoms with Crippen LogP contribution in [0.5, 0.6) is 5.75 Å². The fraction of sp³-hybridized carbons (Fsp3) is 0.682. The average molecular weight is 406 g/mol. The topological polar surface area (TPSA) is 54.9 Å². The van der Waals surface area contributed by atoms with E-state index < -0.39 is 0 Å². The molecule has 156 valence electrons. The van der Waals surface area contributed by atoms with Crippen molar-refractivity contribution in [3.05, 3.63) is 29.3 Å². The van der Waals surface area contributed by atoms with E-state index in [9.17, 15) is 0 Å². The van der Waals surface area contributed by atoms with Gasteiger partial charge >= 0.3 is 0 Å². The second-order valence-electron chi connectivity index (χ2n) is 7.91. The summed E-state index contributed by atoms with van der Waals surface area (Å²) in [7, 11) is 0. The SMILES string of the molecule is CCNC(=NCc1ccc(C)cc1OCC1CC1)NCC1(SC)CCOCC1. The van der Waals surface area contributed by atoms with E-state index in [1.807, 2.05) is 11.8 Å².